The van der Waals surface area contributed by atoms with Crippen LogP contribution in [0.2, 0.25) is 0 Å². The predicted octanol–water partition coefficient (Wildman–Crippen LogP) is 10.6. The van der Waals surface area contributed by atoms with Gasteiger partial charge in [-0.3, -0.25) is 0 Å². The van der Waals surface area contributed by atoms with Crippen molar-refractivity contribution in [3.8, 4) is 0 Å². The van der Waals surface area contributed by atoms with E-state index >= 15 is 0 Å². The lowest BCUT2D eigenvalue weighted by Gasteiger charge is -1.99. The summed E-state index contributed by atoms with van der Waals surface area (Å²) in [6.45, 7) is 28.0. The van der Waals surface area contributed by atoms with Crippen molar-refractivity contribution in [2.24, 2.45) is 0 Å². The highest BCUT2D eigenvalue weighted by Gasteiger charge is 1.99. The number of carbonyl (C=O) groups excluding carboxylic acids is 1. The minimum atomic E-state index is 0.776. The van der Waals surface area contributed by atoms with Crippen LogP contribution < -0.4 is 0 Å². The van der Waals surface area contributed by atoms with Crippen LogP contribution in [0.4, 0.5) is 0 Å². The Balaban J connectivity index is -0.000000173. The molecule has 0 bridgehead atoms. The molecule has 0 aliphatic heterocycles. The van der Waals surface area contributed by atoms with Crippen LogP contribution >= 0.6 is 0 Å². The van der Waals surface area contributed by atoms with Crippen LogP contribution in [0.5, 0.6) is 0 Å². The molecule has 0 atom stereocenters. The van der Waals surface area contributed by atoms with Gasteiger partial charge in [0.1, 0.15) is 5.94 Å². The Morgan fingerprint density at radius 3 is 1.66 bits per heavy atom. The molecule has 0 aromatic heterocycles. The molecule has 0 saturated carbocycles. The fraction of sp³-hybridized carbons (Fsp3) is 0.484. The summed E-state index contributed by atoms with van der Waals surface area (Å²) in [5.41, 5.74) is 5.55. The number of rotatable bonds is 7. The molecule has 0 saturated heterocycles. The number of benzene rings is 1. The molecular weight excluding hydrogens is 388 g/mol. The Hall–Kier alpha value is -2.37. The molecule has 0 aliphatic carbocycles. The average Bonchev–Trinajstić information content (AvgIpc) is 2.84. The molecular formula is C31H52O. The zero-order valence-electron chi connectivity index (χ0n) is 23.0. The zero-order chi connectivity index (χ0) is 25.8. The van der Waals surface area contributed by atoms with Gasteiger partial charge in [0, 0.05) is 5.57 Å². The van der Waals surface area contributed by atoms with Crippen LogP contribution in [0.1, 0.15) is 107 Å². The largest absolute Gasteiger partial charge is 0.233 e. The van der Waals surface area contributed by atoms with Gasteiger partial charge in [-0.05, 0) is 57.2 Å². The molecule has 1 nitrogen and oxygen atoms in total. The Kier molecular flexibility index (Phi) is 35.6. The van der Waals surface area contributed by atoms with Crippen LogP contribution in [0.3, 0.4) is 0 Å². The van der Waals surface area contributed by atoms with E-state index in [2.05, 4.69) is 60.8 Å². The van der Waals surface area contributed by atoms with Gasteiger partial charge < -0.3 is 0 Å². The lowest BCUT2D eigenvalue weighted by atomic mass is 10.0. The molecule has 0 fully saturated rings. The molecule has 182 valence electrons. The molecule has 1 heteroatoms. The van der Waals surface area contributed by atoms with Crippen molar-refractivity contribution in [3.05, 3.63) is 84.0 Å². The Morgan fingerprint density at radius 2 is 1.38 bits per heavy atom. The third-order valence-electron chi connectivity index (χ3n) is 4.19. The smallest absolute Gasteiger partial charge is 0.128 e. The maximum atomic E-state index is 10.5. The maximum Gasteiger partial charge on any atom is 0.128 e. The topological polar surface area (TPSA) is 17.1 Å². The van der Waals surface area contributed by atoms with Gasteiger partial charge in [-0.25, -0.2) is 4.79 Å². The molecule has 0 amide bonds. The summed E-state index contributed by atoms with van der Waals surface area (Å²) in [6, 6.07) is 9.69. The van der Waals surface area contributed by atoms with Crippen LogP contribution in [-0.4, -0.2) is 5.94 Å². The molecule has 1 aromatic carbocycles. The van der Waals surface area contributed by atoms with Gasteiger partial charge in [-0.2, -0.15) is 0 Å². The average molecular weight is 441 g/mol. The summed E-state index contributed by atoms with van der Waals surface area (Å²) in [5.74, 6) is 1.99. The van der Waals surface area contributed by atoms with Gasteiger partial charge in [0.15, 0.2) is 0 Å². The SMILES string of the molecule is C=C(C)CC.C=C/C(C)=C(C)\C=C\C.CC.CCCC.CCCC(=C=O)c1ccccc1. The van der Waals surface area contributed by atoms with Crippen molar-refractivity contribution in [2.75, 3.05) is 0 Å². The third kappa shape index (κ3) is 27.6. The normalized spacial score (nSPS) is 9.56. The maximum absolute atomic E-state index is 10.5. The lowest BCUT2D eigenvalue weighted by molar-refractivity contribution is 0.569. The highest BCUT2D eigenvalue weighted by Crippen LogP contribution is 2.15. The quantitative estimate of drug-likeness (QED) is 0.234. The van der Waals surface area contributed by atoms with Crippen LogP contribution in [0, 0.1) is 0 Å². The van der Waals surface area contributed by atoms with E-state index in [0.717, 1.165) is 30.4 Å². The summed E-state index contributed by atoms with van der Waals surface area (Å²) in [6.07, 6.45) is 11.5. The summed E-state index contributed by atoms with van der Waals surface area (Å²) in [7, 11) is 0. The lowest BCUT2D eigenvalue weighted by Crippen LogP contribution is -1.83. The summed E-state index contributed by atoms with van der Waals surface area (Å²) in [5, 5.41) is 0. The van der Waals surface area contributed by atoms with Crippen LogP contribution in [0.25, 0.3) is 5.57 Å². The Morgan fingerprint density at radius 1 is 0.906 bits per heavy atom. The monoisotopic (exact) mass is 440 g/mol. The molecule has 0 unspecified atom stereocenters. The van der Waals surface area contributed by atoms with Crippen molar-refractivity contribution in [1.82, 2.24) is 0 Å². The van der Waals surface area contributed by atoms with E-state index in [1.54, 1.807) is 0 Å². The second-order valence-corrected chi connectivity index (χ2v) is 7.08. The van der Waals surface area contributed by atoms with E-state index in [-0.39, 0.29) is 0 Å². The van der Waals surface area contributed by atoms with E-state index in [1.807, 2.05) is 76.1 Å². The summed E-state index contributed by atoms with van der Waals surface area (Å²) >= 11 is 0. The molecule has 0 aliphatic rings. The van der Waals surface area contributed by atoms with Crippen molar-refractivity contribution >= 4 is 11.5 Å². The van der Waals surface area contributed by atoms with E-state index < -0.39 is 0 Å². The standard InChI is InChI=1S/C11H12O.C9H14.C5H10.C4H10.C2H6/c1-2-6-11(9-12)10-7-4-3-5-8-10;1-5-7-9(4)8(3)6-2;1-4-5(2)3;1-3-4-2;1-2/h3-5,7-8H,2,6H2,1H3;5-7H,2H2,1,3-4H3;2,4H2,1,3H3;3-4H2,1-2H3;1-2H3/b;7-5+,9-8-;;;. The van der Waals surface area contributed by atoms with Gasteiger partial charge in [0.2, 0.25) is 0 Å². The zero-order valence-corrected chi connectivity index (χ0v) is 23.0. The minimum absolute atomic E-state index is 0.776. The number of allylic oxidation sites excluding steroid dienone is 7. The van der Waals surface area contributed by atoms with Crippen molar-refractivity contribution in [1.29, 1.82) is 0 Å². The Labute approximate surface area is 201 Å². The van der Waals surface area contributed by atoms with E-state index in [1.165, 1.54) is 29.6 Å². The minimum Gasteiger partial charge on any atom is -0.233 e. The fourth-order valence-electron chi connectivity index (χ4n) is 1.69. The van der Waals surface area contributed by atoms with E-state index in [0.29, 0.717) is 0 Å². The second-order valence-electron chi connectivity index (χ2n) is 7.08. The van der Waals surface area contributed by atoms with Crippen LogP contribution in [-0.2, 0) is 4.79 Å². The summed E-state index contributed by atoms with van der Waals surface area (Å²) < 4.78 is 0. The fourth-order valence-corrected chi connectivity index (χ4v) is 1.69. The first-order chi connectivity index (χ1) is 15.3. The highest BCUT2D eigenvalue weighted by molar-refractivity contribution is 5.87. The number of unbranched alkanes of at least 4 members (excludes halogenated alkanes) is 1. The molecule has 0 heterocycles. The second kappa shape index (κ2) is 30.8. The predicted molar refractivity (Wildman–Crippen MR) is 151 cm³/mol. The van der Waals surface area contributed by atoms with E-state index in [4.69, 9.17) is 0 Å². The van der Waals surface area contributed by atoms with E-state index in [9.17, 15) is 4.79 Å². The van der Waals surface area contributed by atoms with Crippen molar-refractivity contribution in [2.45, 2.75) is 101 Å². The highest BCUT2D eigenvalue weighted by atomic mass is 16.1. The number of hydrogen-bond donors (Lipinski definition) is 0. The number of hydrogen-bond acceptors (Lipinski definition) is 1. The summed E-state index contributed by atoms with van der Waals surface area (Å²) in [4.78, 5) is 10.5. The first-order valence-electron chi connectivity index (χ1n) is 12.2. The first kappa shape index (κ1) is 37.0. The molecule has 32 heavy (non-hydrogen) atoms. The molecule has 1 rings (SSSR count). The van der Waals surface area contributed by atoms with Gasteiger partial charge in [0.05, 0.1) is 0 Å². The van der Waals surface area contributed by atoms with Gasteiger partial charge in [0.25, 0.3) is 0 Å². The Bertz CT molecular complexity index is 651. The van der Waals surface area contributed by atoms with Gasteiger partial charge in [-0.1, -0.05) is 122 Å². The van der Waals surface area contributed by atoms with Crippen molar-refractivity contribution < 1.29 is 4.79 Å². The van der Waals surface area contributed by atoms with Gasteiger partial charge >= 0.3 is 0 Å². The van der Waals surface area contributed by atoms with Crippen molar-refractivity contribution in [3.63, 3.8) is 0 Å². The molecule has 0 radical (unpaired) electrons. The molecule has 0 spiro atoms. The third-order valence-corrected chi connectivity index (χ3v) is 4.19. The first-order valence-corrected chi connectivity index (χ1v) is 12.2. The molecule has 0 N–H and O–H groups in total. The van der Waals surface area contributed by atoms with Crippen LogP contribution in [0.15, 0.2) is 78.4 Å². The molecule has 1 aromatic rings. The van der Waals surface area contributed by atoms with Gasteiger partial charge in [-0.15, -0.1) is 6.58 Å².